The molecule has 588 valence electrons. The fourth-order valence-electron chi connectivity index (χ4n) is 15.7. The molecule has 0 bridgehead atoms. The molecule has 12 aromatic rings. The fourth-order valence-corrected chi connectivity index (χ4v) is 15.7. The minimum absolute atomic E-state index is 0.155. The Morgan fingerprint density at radius 3 is 1.02 bits per heavy atom. The number of piperazine rings is 3. The van der Waals surface area contributed by atoms with Crippen LogP contribution in [-0.2, 0) is 19.3 Å². The highest BCUT2D eigenvalue weighted by Gasteiger charge is 2.30. The largest absolute Gasteiger partial charge is 0.493 e. The molecule has 6 aliphatic rings. The van der Waals surface area contributed by atoms with Crippen LogP contribution in [0.5, 0.6) is 34.5 Å². The van der Waals surface area contributed by atoms with Crippen molar-refractivity contribution in [2.45, 2.75) is 50.7 Å². The van der Waals surface area contributed by atoms with Gasteiger partial charge in [0, 0.05) is 201 Å². The van der Waals surface area contributed by atoms with Gasteiger partial charge in [0.05, 0.1) is 44.5 Å². The lowest BCUT2D eigenvalue weighted by Crippen LogP contribution is -2.47. The third kappa shape index (κ3) is 18.6. The number of hydrogen-bond acceptors (Lipinski definition) is 27. The Hall–Kier alpha value is -11.9. The van der Waals surface area contributed by atoms with E-state index in [-0.39, 0.29) is 12.2 Å². The lowest BCUT2D eigenvalue weighted by Gasteiger charge is -2.36. The van der Waals surface area contributed by atoms with Crippen molar-refractivity contribution in [2.24, 2.45) is 5.92 Å². The summed E-state index contributed by atoms with van der Waals surface area (Å²) in [5.41, 5.74) is 9.68. The molecular formula is C87H99N21O6. The zero-order valence-electron chi connectivity index (χ0n) is 65.6. The van der Waals surface area contributed by atoms with Gasteiger partial charge >= 0.3 is 0 Å². The number of ether oxygens (including phenoxy) is 6. The fraction of sp³-hybridized carbons (Fsp3) is 0.379. The van der Waals surface area contributed by atoms with Crippen LogP contribution in [0.4, 0.5) is 35.3 Å². The molecule has 6 aliphatic heterocycles. The summed E-state index contributed by atoms with van der Waals surface area (Å²) in [5, 5.41) is 6.32. The first-order valence-corrected chi connectivity index (χ1v) is 39.7. The number of nitrogens with one attached hydrogen (secondary N) is 1. The van der Waals surface area contributed by atoms with Gasteiger partial charge in [-0.3, -0.25) is 0 Å². The molecule has 6 saturated heterocycles. The first-order valence-electron chi connectivity index (χ1n) is 39.7. The normalized spacial score (nSPS) is 17.1. The van der Waals surface area contributed by atoms with Crippen LogP contribution >= 0.6 is 0 Å². The summed E-state index contributed by atoms with van der Waals surface area (Å²) in [6.07, 6.45) is 22.4. The third-order valence-corrected chi connectivity index (χ3v) is 21.9. The molecule has 6 aromatic heterocycles. The van der Waals surface area contributed by atoms with Gasteiger partial charge in [-0.2, -0.15) is 0 Å². The number of likely N-dealkylation sites (tertiary alicyclic amines) is 2. The summed E-state index contributed by atoms with van der Waals surface area (Å²) in [6.45, 7) is 16.5. The molecule has 114 heavy (non-hydrogen) atoms. The van der Waals surface area contributed by atoms with Crippen LogP contribution < -0.4 is 63.1 Å². The summed E-state index contributed by atoms with van der Waals surface area (Å²) < 4.78 is 35.9. The van der Waals surface area contributed by atoms with E-state index in [9.17, 15) is 0 Å². The zero-order chi connectivity index (χ0) is 77.5. The molecule has 6 aromatic carbocycles. The lowest BCUT2D eigenvalue weighted by molar-refractivity contribution is 0.0846. The molecule has 1 unspecified atom stereocenters. The van der Waals surface area contributed by atoms with Gasteiger partial charge in [0.1, 0.15) is 48.6 Å². The molecule has 0 spiro atoms. The molecule has 1 N–H and O–H groups in total. The van der Waals surface area contributed by atoms with Crippen LogP contribution in [0, 0.1) is 5.92 Å². The van der Waals surface area contributed by atoms with Crippen molar-refractivity contribution in [3.05, 3.63) is 217 Å². The summed E-state index contributed by atoms with van der Waals surface area (Å²) in [4.78, 5) is 73.8. The quantitative estimate of drug-likeness (QED) is 0.0662. The van der Waals surface area contributed by atoms with Crippen LogP contribution in [-0.4, -0.2) is 242 Å². The molecule has 1 atom stereocenters. The topological polar surface area (TPSA) is 248 Å². The average molecular weight is 1530 g/mol. The van der Waals surface area contributed by atoms with Crippen LogP contribution in [0.1, 0.15) is 52.6 Å². The number of anilines is 6. The van der Waals surface area contributed by atoms with E-state index in [4.69, 9.17) is 28.4 Å². The van der Waals surface area contributed by atoms with E-state index >= 15 is 0 Å². The Morgan fingerprint density at radius 1 is 0.333 bits per heavy atom. The predicted molar refractivity (Wildman–Crippen MR) is 445 cm³/mol. The highest BCUT2D eigenvalue weighted by atomic mass is 16.5. The first kappa shape index (κ1) is 76.1. The maximum Gasteiger partial charge on any atom is 0.225 e. The summed E-state index contributed by atoms with van der Waals surface area (Å²) in [6, 6.07) is 43.2. The van der Waals surface area contributed by atoms with E-state index < -0.39 is 0 Å². The molecule has 27 heteroatoms. The average Bonchev–Trinajstić information content (AvgIpc) is 0.865. The van der Waals surface area contributed by atoms with Crippen LogP contribution in [0.3, 0.4) is 0 Å². The number of aromatic nitrogens is 12. The molecule has 0 aliphatic carbocycles. The second-order valence-corrected chi connectivity index (χ2v) is 30.0. The van der Waals surface area contributed by atoms with E-state index in [1.54, 1.807) is 40.3 Å². The molecule has 0 radical (unpaired) electrons. The van der Waals surface area contributed by atoms with Gasteiger partial charge in [0.15, 0.2) is 34.5 Å². The van der Waals surface area contributed by atoms with Crippen molar-refractivity contribution < 1.29 is 28.4 Å². The maximum absolute atomic E-state index is 6.39. The van der Waals surface area contributed by atoms with Crippen molar-refractivity contribution in [1.82, 2.24) is 74.9 Å². The summed E-state index contributed by atoms with van der Waals surface area (Å²) >= 11 is 0. The summed E-state index contributed by atoms with van der Waals surface area (Å²) in [5.74, 6) is 10.00. The highest BCUT2D eigenvalue weighted by Crippen LogP contribution is 2.40. The number of nitrogens with zero attached hydrogens (tertiary/aromatic N) is 20. The van der Waals surface area contributed by atoms with Crippen molar-refractivity contribution in [2.75, 3.05) is 189 Å². The number of hydrogen-bond donors (Lipinski definition) is 1. The third-order valence-electron chi connectivity index (χ3n) is 21.9. The van der Waals surface area contributed by atoms with Crippen LogP contribution in [0.25, 0.3) is 32.7 Å². The van der Waals surface area contributed by atoms with Gasteiger partial charge in [0.2, 0.25) is 17.8 Å². The second kappa shape index (κ2) is 36.3. The number of rotatable bonds is 22. The first-order chi connectivity index (χ1) is 56.1. The van der Waals surface area contributed by atoms with Crippen LogP contribution in [0.2, 0.25) is 0 Å². The van der Waals surface area contributed by atoms with Crippen molar-refractivity contribution in [1.29, 1.82) is 0 Å². The molecule has 6 fully saturated rings. The van der Waals surface area contributed by atoms with Gasteiger partial charge in [-0.1, -0.05) is 91.0 Å². The van der Waals surface area contributed by atoms with E-state index in [0.29, 0.717) is 29.8 Å². The van der Waals surface area contributed by atoms with Crippen molar-refractivity contribution in [3.8, 4) is 34.5 Å². The van der Waals surface area contributed by atoms with Gasteiger partial charge in [0.25, 0.3) is 0 Å². The van der Waals surface area contributed by atoms with Gasteiger partial charge in [-0.15, -0.1) is 0 Å². The van der Waals surface area contributed by atoms with Crippen LogP contribution in [0.15, 0.2) is 184 Å². The molecule has 18 rings (SSSR count). The number of likely N-dealkylation sites (N-methyl/N-ethyl adjacent to an activating group) is 1. The molecule has 0 saturated carbocycles. The number of fused-ring (bicyclic) bond motifs is 3. The number of methoxy groups -OCH3 is 3. The van der Waals surface area contributed by atoms with Gasteiger partial charge < -0.3 is 72.9 Å². The minimum Gasteiger partial charge on any atom is -0.493 e. The van der Waals surface area contributed by atoms with Crippen molar-refractivity contribution in [3.63, 3.8) is 0 Å². The Labute approximate surface area is 665 Å². The Kier molecular flexibility index (Phi) is 24.2. The SMILES string of the molecule is COc1cc2ncnc(N3CCN(c4ncc(Cc5ccccc5)cn4)CC3)c2cc1OC1CCN(C)C1.COc1cc2ncnc(N3CCN(c4ncc(Cc5ccccc5)cn4)CC3)c2cc1OC1CCNCC1.COc1cc2ncnc(N3CCN(c4ncc(Cc5ccccc5)cn4)CC3)c2cc1OCC1CN(C)C1. The Balaban J connectivity index is 0.000000129. The predicted octanol–water partition coefficient (Wildman–Crippen LogP) is 10.2. The monoisotopic (exact) mass is 1530 g/mol. The van der Waals surface area contributed by atoms with E-state index in [1.165, 1.54) is 16.7 Å². The lowest BCUT2D eigenvalue weighted by atomic mass is 10.0. The van der Waals surface area contributed by atoms with E-state index in [2.05, 4.69) is 191 Å². The van der Waals surface area contributed by atoms with E-state index in [0.717, 1.165) is 258 Å². The summed E-state index contributed by atoms with van der Waals surface area (Å²) in [7, 11) is 9.27. The smallest absolute Gasteiger partial charge is 0.225 e. The molecular weight excluding hydrogens is 1440 g/mol. The second-order valence-electron chi connectivity index (χ2n) is 30.0. The van der Waals surface area contributed by atoms with Gasteiger partial charge in [-0.05, 0) is 98.0 Å². The number of piperidine rings is 1. The molecule has 12 heterocycles. The minimum atomic E-state index is 0.155. The molecule has 0 amide bonds. The highest BCUT2D eigenvalue weighted by molar-refractivity contribution is 5.94. The zero-order valence-corrected chi connectivity index (χ0v) is 65.6. The standard InChI is InChI=1S/3C29H33N7O2/c1-34-17-23(18-34)19-38-27-13-24-25(14-26(27)37-2)32-20-33-28(24)35-8-10-36(11-9-35)29-30-15-22(16-31-29)12-21-6-4-3-5-7-21;1-34-9-8-23(19-34)38-27-15-24-25(16-26(27)37-2)32-20-33-28(24)35-10-12-36(13-11-35)29-30-17-22(18-31-29)14-21-6-4-3-5-7-21;1-37-26-17-25-24(16-27(26)38-23-7-9-30-10-8-23)28(34-20-33-25)35-11-13-36(14-12-35)29-31-18-22(19-32-29)15-21-5-3-2-4-6-21/h3-7,13-16,20,23H,8-12,17-19H2,1-2H3;3-7,15-18,20,23H,8-14,19H2,1-2H3;2-6,16-20,23,30H,7-15H2,1H3. The Morgan fingerprint density at radius 2 is 0.675 bits per heavy atom. The van der Waals surface area contributed by atoms with E-state index in [1.807, 2.05) is 91.8 Å². The number of benzene rings is 6. The Bertz CT molecular complexity index is 4910. The molecule has 27 nitrogen and oxygen atoms in total. The maximum atomic E-state index is 6.39. The van der Waals surface area contributed by atoms with Crippen molar-refractivity contribution >= 4 is 68.0 Å². The van der Waals surface area contributed by atoms with Gasteiger partial charge in [-0.25, -0.2) is 59.8 Å².